The van der Waals surface area contributed by atoms with E-state index in [1.165, 1.54) is 6.07 Å². The fraction of sp³-hybridized carbons (Fsp3) is 0.308. The summed E-state index contributed by atoms with van der Waals surface area (Å²) in [4.78, 5) is 11.6. The van der Waals surface area contributed by atoms with E-state index in [2.05, 4.69) is 6.58 Å². The van der Waals surface area contributed by atoms with E-state index < -0.39 is 5.97 Å². The second kappa shape index (κ2) is 5.94. The van der Waals surface area contributed by atoms with Crippen LogP contribution < -0.4 is 4.74 Å². The predicted octanol–water partition coefficient (Wildman–Crippen LogP) is 2.44. The molecule has 0 radical (unpaired) electrons. The normalized spacial score (nSPS) is 9.76. The summed E-state index contributed by atoms with van der Waals surface area (Å²) in [5, 5.41) is 9.76. The SMILES string of the molecule is C=CCOc1cc(C)c(C(=O)OCC)c(O)c1. The van der Waals surface area contributed by atoms with Gasteiger partial charge in [0.2, 0.25) is 0 Å². The molecule has 4 nitrogen and oxygen atoms in total. The Labute approximate surface area is 100 Å². The zero-order chi connectivity index (χ0) is 12.8. The lowest BCUT2D eigenvalue weighted by Gasteiger charge is -2.10. The van der Waals surface area contributed by atoms with Crippen LogP contribution in [0.4, 0.5) is 0 Å². The standard InChI is InChI=1S/C13H16O4/c1-4-6-17-10-7-9(3)12(11(14)8-10)13(15)16-5-2/h4,7-8,14H,1,5-6H2,2-3H3. The lowest BCUT2D eigenvalue weighted by molar-refractivity contribution is 0.0522. The Bertz CT molecular complexity index is 400. The molecule has 0 unspecified atom stereocenters. The summed E-state index contributed by atoms with van der Waals surface area (Å²) >= 11 is 0. The van der Waals surface area contributed by atoms with Crippen LogP contribution in [0.3, 0.4) is 0 Å². The van der Waals surface area contributed by atoms with Gasteiger partial charge in [-0.05, 0) is 25.5 Å². The molecule has 0 saturated heterocycles. The monoisotopic (exact) mass is 236 g/mol. The van der Waals surface area contributed by atoms with Gasteiger partial charge in [0.15, 0.2) is 0 Å². The van der Waals surface area contributed by atoms with Crippen molar-refractivity contribution in [2.24, 2.45) is 0 Å². The minimum Gasteiger partial charge on any atom is -0.507 e. The number of esters is 1. The summed E-state index contributed by atoms with van der Waals surface area (Å²) < 4.78 is 10.1. The van der Waals surface area contributed by atoms with Crippen LogP contribution in [0.15, 0.2) is 24.8 Å². The van der Waals surface area contributed by atoms with Crippen LogP contribution in [0.25, 0.3) is 0 Å². The van der Waals surface area contributed by atoms with Crippen LogP contribution in [0.2, 0.25) is 0 Å². The summed E-state index contributed by atoms with van der Waals surface area (Å²) in [7, 11) is 0. The Morgan fingerprint density at radius 3 is 2.76 bits per heavy atom. The lowest BCUT2D eigenvalue weighted by atomic mass is 10.1. The molecule has 1 N–H and O–H groups in total. The van der Waals surface area contributed by atoms with Crippen molar-refractivity contribution in [1.82, 2.24) is 0 Å². The average Bonchev–Trinajstić information content (AvgIpc) is 2.25. The Hall–Kier alpha value is -1.97. The predicted molar refractivity (Wildman–Crippen MR) is 64.5 cm³/mol. The van der Waals surface area contributed by atoms with E-state index in [-0.39, 0.29) is 17.9 Å². The number of ether oxygens (including phenoxy) is 2. The molecule has 17 heavy (non-hydrogen) atoms. The number of hydrogen-bond acceptors (Lipinski definition) is 4. The fourth-order valence-corrected chi connectivity index (χ4v) is 1.44. The molecular formula is C13H16O4. The molecule has 0 fully saturated rings. The minimum absolute atomic E-state index is 0.137. The lowest BCUT2D eigenvalue weighted by Crippen LogP contribution is -2.07. The molecular weight excluding hydrogens is 220 g/mol. The first-order chi connectivity index (χ1) is 8.10. The largest absolute Gasteiger partial charge is 0.507 e. The Morgan fingerprint density at radius 1 is 1.53 bits per heavy atom. The maximum atomic E-state index is 11.6. The van der Waals surface area contributed by atoms with E-state index in [0.717, 1.165) is 0 Å². The van der Waals surface area contributed by atoms with Crippen molar-refractivity contribution in [3.8, 4) is 11.5 Å². The van der Waals surface area contributed by atoms with E-state index in [1.807, 2.05) is 0 Å². The van der Waals surface area contributed by atoms with Gasteiger partial charge in [-0.3, -0.25) is 0 Å². The fourth-order valence-electron chi connectivity index (χ4n) is 1.44. The van der Waals surface area contributed by atoms with Crippen LogP contribution in [0.1, 0.15) is 22.8 Å². The zero-order valence-corrected chi connectivity index (χ0v) is 10.0. The quantitative estimate of drug-likeness (QED) is 0.630. The molecule has 0 aliphatic heterocycles. The highest BCUT2D eigenvalue weighted by Gasteiger charge is 2.16. The smallest absolute Gasteiger partial charge is 0.342 e. The highest BCUT2D eigenvalue weighted by molar-refractivity contribution is 5.94. The molecule has 4 heteroatoms. The maximum absolute atomic E-state index is 11.6. The molecule has 0 spiro atoms. The number of aromatic hydroxyl groups is 1. The van der Waals surface area contributed by atoms with Gasteiger partial charge in [0.05, 0.1) is 6.61 Å². The second-order valence-corrected chi connectivity index (χ2v) is 3.45. The van der Waals surface area contributed by atoms with Gasteiger partial charge < -0.3 is 14.6 Å². The number of benzene rings is 1. The second-order valence-electron chi connectivity index (χ2n) is 3.45. The molecule has 0 saturated carbocycles. The van der Waals surface area contributed by atoms with Crippen LogP contribution >= 0.6 is 0 Å². The Kier molecular flexibility index (Phi) is 4.57. The van der Waals surface area contributed by atoms with Crippen molar-refractivity contribution in [3.63, 3.8) is 0 Å². The number of hydrogen-bond donors (Lipinski definition) is 1. The first kappa shape index (κ1) is 13.1. The number of carbonyl (C=O) groups excluding carboxylic acids is 1. The number of carbonyl (C=O) groups is 1. The number of rotatable bonds is 5. The number of aryl methyl sites for hydroxylation is 1. The molecule has 1 aromatic carbocycles. The third-order valence-electron chi connectivity index (χ3n) is 2.14. The first-order valence-corrected chi connectivity index (χ1v) is 5.34. The van der Waals surface area contributed by atoms with Gasteiger partial charge in [-0.2, -0.15) is 0 Å². The van der Waals surface area contributed by atoms with E-state index in [0.29, 0.717) is 17.9 Å². The molecule has 92 valence electrons. The third-order valence-corrected chi connectivity index (χ3v) is 2.14. The Balaban J connectivity index is 3.01. The van der Waals surface area contributed by atoms with E-state index >= 15 is 0 Å². The van der Waals surface area contributed by atoms with E-state index in [9.17, 15) is 9.90 Å². The first-order valence-electron chi connectivity index (χ1n) is 5.34. The molecule has 1 rings (SSSR count). The summed E-state index contributed by atoms with van der Waals surface area (Å²) in [5.74, 6) is -0.173. The molecule has 1 aromatic rings. The summed E-state index contributed by atoms with van der Waals surface area (Å²) in [6, 6.07) is 3.07. The van der Waals surface area contributed by atoms with E-state index in [1.54, 1.807) is 26.0 Å². The van der Waals surface area contributed by atoms with E-state index in [4.69, 9.17) is 9.47 Å². The Morgan fingerprint density at radius 2 is 2.24 bits per heavy atom. The third kappa shape index (κ3) is 3.24. The molecule has 0 amide bonds. The molecule has 0 aromatic heterocycles. The van der Waals surface area contributed by atoms with Crippen molar-refractivity contribution in [3.05, 3.63) is 35.9 Å². The van der Waals surface area contributed by atoms with Gasteiger partial charge in [-0.1, -0.05) is 12.7 Å². The van der Waals surface area contributed by atoms with Gasteiger partial charge >= 0.3 is 5.97 Å². The van der Waals surface area contributed by atoms with Crippen molar-refractivity contribution in [2.75, 3.05) is 13.2 Å². The molecule has 0 aliphatic carbocycles. The topological polar surface area (TPSA) is 55.8 Å². The van der Waals surface area contributed by atoms with Crippen LogP contribution in [0.5, 0.6) is 11.5 Å². The van der Waals surface area contributed by atoms with Crippen molar-refractivity contribution in [1.29, 1.82) is 0 Å². The molecule has 0 aliphatic rings. The number of phenolic OH excluding ortho intramolecular Hbond substituents is 1. The van der Waals surface area contributed by atoms with Crippen LogP contribution in [-0.4, -0.2) is 24.3 Å². The minimum atomic E-state index is -0.530. The highest BCUT2D eigenvalue weighted by atomic mass is 16.5. The summed E-state index contributed by atoms with van der Waals surface area (Å²) in [6.07, 6.45) is 1.60. The van der Waals surface area contributed by atoms with Crippen molar-refractivity contribution in [2.45, 2.75) is 13.8 Å². The van der Waals surface area contributed by atoms with Gasteiger partial charge in [0.25, 0.3) is 0 Å². The van der Waals surface area contributed by atoms with Gasteiger partial charge in [-0.15, -0.1) is 0 Å². The van der Waals surface area contributed by atoms with Crippen molar-refractivity contribution < 1.29 is 19.4 Å². The van der Waals surface area contributed by atoms with Crippen LogP contribution in [-0.2, 0) is 4.74 Å². The molecule has 0 bridgehead atoms. The summed E-state index contributed by atoms with van der Waals surface area (Å²) in [6.45, 7) is 7.57. The maximum Gasteiger partial charge on any atom is 0.342 e. The molecule has 0 heterocycles. The van der Waals surface area contributed by atoms with Gasteiger partial charge in [0, 0.05) is 6.07 Å². The number of phenols is 1. The van der Waals surface area contributed by atoms with Gasteiger partial charge in [-0.25, -0.2) is 4.79 Å². The van der Waals surface area contributed by atoms with Crippen LogP contribution in [0, 0.1) is 6.92 Å². The van der Waals surface area contributed by atoms with Crippen molar-refractivity contribution >= 4 is 5.97 Å². The zero-order valence-electron chi connectivity index (χ0n) is 10.0. The highest BCUT2D eigenvalue weighted by Crippen LogP contribution is 2.28. The van der Waals surface area contributed by atoms with Gasteiger partial charge in [0.1, 0.15) is 23.7 Å². The molecule has 0 atom stereocenters. The summed E-state index contributed by atoms with van der Waals surface area (Å²) in [5.41, 5.74) is 0.792. The average molecular weight is 236 g/mol.